The van der Waals surface area contributed by atoms with Crippen LogP contribution < -0.4 is 5.73 Å². The molecule has 0 radical (unpaired) electrons. The van der Waals surface area contributed by atoms with Crippen LogP contribution in [0.2, 0.25) is 0 Å². The van der Waals surface area contributed by atoms with E-state index >= 15 is 0 Å². The van der Waals surface area contributed by atoms with Gasteiger partial charge in [-0.15, -0.1) is 0 Å². The van der Waals surface area contributed by atoms with Crippen LogP contribution in [0.1, 0.15) is 49.0 Å². The Hall–Kier alpha value is -0.640. The summed E-state index contributed by atoms with van der Waals surface area (Å²) in [7, 11) is 0. The molecule has 4 heteroatoms. The van der Waals surface area contributed by atoms with Gasteiger partial charge in [0.05, 0.1) is 10.2 Å². The van der Waals surface area contributed by atoms with Crippen LogP contribution >= 0.6 is 15.9 Å². The topological polar surface area (TPSA) is 51.8 Å². The second-order valence-electron chi connectivity index (χ2n) is 4.21. The zero-order valence-electron chi connectivity index (χ0n) is 7.83. The molecule has 1 aromatic heterocycles. The van der Waals surface area contributed by atoms with Crippen molar-refractivity contribution < 1.29 is 0 Å². The summed E-state index contributed by atoms with van der Waals surface area (Å²) in [4.78, 5) is 8.94. The lowest BCUT2D eigenvalue weighted by Gasteiger charge is -2.07. The zero-order chi connectivity index (χ0) is 9.71. The van der Waals surface area contributed by atoms with E-state index in [2.05, 4.69) is 25.9 Å². The monoisotopic (exact) mass is 253 g/mol. The molecule has 0 atom stereocenters. The number of anilines is 1. The fourth-order valence-electron chi connectivity index (χ4n) is 1.65. The van der Waals surface area contributed by atoms with Crippen LogP contribution in [0.4, 0.5) is 5.82 Å². The second kappa shape index (κ2) is 2.92. The maximum absolute atomic E-state index is 5.85. The third-order valence-electron chi connectivity index (χ3n) is 2.83. The Morgan fingerprint density at radius 1 is 1.07 bits per heavy atom. The van der Waals surface area contributed by atoms with Gasteiger partial charge < -0.3 is 5.73 Å². The van der Waals surface area contributed by atoms with E-state index in [1.165, 1.54) is 25.7 Å². The zero-order valence-corrected chi connectivity index (χ0v) is 9.42. The minimum atomic E-state index is 0.586. The molecular weight excluding hydrogens is 242 g/mol. The second-order valence-corrected chi connectivity index (χ2v) is 5.01. The van der Waals surface area contributed by atoms with Crippen LogP contribution in [-0.2, 0) is 0 Å². The molecule has 2 saturated carbocycles. The molecule has 2 aliphatic rings. The molecule has 0 aliphatic heterocycles. The molecule has 1 heterocycles. The van der Waals surface area contributed by atoms with Crippen molar-refractivity contribution in [2.45, 2.75) is 37.5 Å². The van der Waals surface area contributed by atoms with E-state index in [9.17, 15) is 0 Å². The van der Waals surface area contributed by atoms with E-state index in [1.807, 2.05) is 0 Å². The van der Waals surface area contributed by atoms with Gasteiger partial charge in [-0.2, -0.15) is 0 Å². The predicted octanol–water partition coefficient (Wildman–Crippen LogP) is 2.58. The molecular formula is C10H12BrN3. The van der Waals surface area contributed by atoms with E-state index in [0.717, 1.165) is 16.0 Å². The summed E-state index contributed by atoms with van der Waals surface area (Å²) in [6.45, 7) is 0. The first kappa shape index (κ1) is 8.65. The van der Waals surface area contributed by atoms with Gasteiger partial charge in [0.15, 0.2) is 0 Å². The number of hydrogen-bond donors (Lipinski definition) is 1. The highest BCUT2D eigenvalue weighted by Crippen LogP contribution is 2.45. The molecule has 2 N–H and O–H groups in total. The maximum Gasteiger partial charge on any atom is 0.141 e. The molecule has 3 nitrogen and oxygen atoms in total. The summed E-state index contributed by atoms with van der Waals surface area (Å²) in [5.74, 6) is 2.80. The van der Waals surface area contributed by atoms with Gasteiger partial charge in [0, 0.05) is 11.8 Å². The summed E-state index contributed by atoms with van der Waals surface area (Å²) < 4.78 is 0.921. The lowest BCUT2D eigenvalue weighted by molar-refractivity contribution is 0.870. The summed E-state index contributed by atoms with van der Waals surface area (Å²) in [5, 5.41) is 0. The number of hydrogen-bond acceptors (Lipinski definition) is 3. The minimum absolute atomic E-state index is 0.586. The number of rotatable bonds is 2. The lowest BCUT2D eigenvalue weighted by Crippen LogP contribution is -2.03. The van der Waals surface area contributed by atoms with Gasteiger partial charge in [-0.1, -0.05) is 0 Å². The fraction of sp³-hybridized carbons (Fsp3) is 0.600. The van der Waals surface area contributed by atoms with Crippen molar-refractivity contribution in [2.75, 3.05) is 5.73 Å². The van der Waals surface area contributed by atoms with E-state index in [-0.39, 0.29) is 0 Å². The molecule has 1 aromatic rings. The first-order chi connectivity index (χ1) is 6.75. The highest BCUT2D eigenvalue weighted by molar-refractivity contribution is 9.10. The van der Waals surface area contributed by atoms with Crippen molar-refractivity contribution in [3.8, 4) is 0 Å². The smallest absolute Gasteiger partial charge is 0.141 e. The quantitative estimate of drug-likeness (QED) is 0.882. The molecule has 0 saturated heterocycles. The average Bonchev–Trinajstić information content (AvgIpc) is 3.04. The fourth-order valence-corrected chi connectivity index (χ4v) is 2.15. The Balaban J connectivity index is 2.06. The van der Waals surface area contributed by atoms with Crippen molar-refractivity contribution >= 4 is 21.7 Å². The number of halogens is 1. The molecule has 0 unspecified atom stereocenters. The van der Waals surface area contributed by atoms with Gasteiger partial charge in [-0.3, -0.25) is 0 Å². The van der Waals surface area contributed by atoms with E-state index in [1.54, 1.807) is 0 Å². The molecule has 2 aliphatic carbocycles. The molecule has 2 fully saturated rings. The number of nitrogens with zero attached hydrogens (tertiary/aromatic N) is 2. The third-order valence-corrected chi connectivity index (χ3v) is 3.64. The molecule has 74 valence electrons. The average molecular weight is 254 g/mol. The number of nitrogen functional groups attached to an aromatic ring is 1. The van der Waals surface area contributed by atoms with Crippen LogP contribution in [0.3, 0.4) is 0 Å². The predicted molar refractivity (Wildman–Crippen MR) is 58.1 cm³/mol. The summed E-state index contributed by atoms with van der Waals surface area (Å²) in [5.41, 5.74) is 6.99. The first-order valence-corrected chi connectivity index (χ1v) is 5.88. The highest BCUT2D eigenvalue weighted by Gasteiger charge is 2.32. The Kier molecular flexibility index (Phi) is 1.81. The van der Waals surface area contributed by atoms with E-state index in [0.29, 0.717) is 17.7 Å². The molecule has 0 amide bonds. The molecule has 0 bridgehead atoms. The van der Waals surface area contributed by atoms with Gasteiger partial charge >= 0.3 is 0 Å². The van der Waals surface area contributed by atoms with Crippen molar-refractivity contribution in [3.05, 3.63) is 16.0 Å². The lowest BCUT2D eigenvalue weighted by atomic mass is 10.2. The van der Waals surface area contributed by atoms with Crippen LogP contribution in [-0.4, -0.2) is 9.97 Å². The van der Waals surface area contributed by atoms with Crippen molar-refractivity contribution in [2.24, 2.45) is 0 Å². The molecule has 0 aromatic carbocycles. The van der Waals surface area contributed by atoms with Crippen molar-refractivity contribution in [1.82, 2.24) is 9.97 Å². The summed E-state index contributed by atoms with van der Waals surface area (Å²) >= 11 is 3.47. The first-order valence-electron chi connectivity index (χ1n) is 5.08. The highest BCUT2D eigenvalue weighted by atomic mass is 79.9. The Bertz CT molecular complexity index is 383. The summed E-state index contributed by atoms with van der Waals surface area (Å²) in [6, 6.07) is 0. The molecule has 0 spiro atoms. The largest absolute Gasteiger partial charge is 0.383 e. The van der Waals surface area contributed by atoms with Crippen LogP contribution in [0.15, 0.2) is 4.47 Å². The van der Waals surface area contributed by atoms with Gasteiger partial charge in [-0.25, -0.2) is 9.97 Å². The van der Waals surface area contributed by atoms with Gasteiger partial charge in [0.2, 0.25) is 0 Å². The van der Waals surface area contributed by atoms with E-state index in [4.69, 9.17) is 5.73 Å². The third kappa shape index (κ3) is 1.41. The Morgan fingerprint density at radius 2 is 1.71 bits per heavy atom. The Morgan fingerprint density at radius 3 is 2.29 bits per heavy atom. The SMILES string of the molecule is Nc1nc(C2CC2)nc(C2CC2)c1Br. The number of nitrogens with two attached hydrogens (primary N) is 1. The van der Waals surface area contributed by atoms with Crippen LogP contribution in [0, 0.1) is 0 Å². The number of aromatic nitrogens is 2. The van der Waals surface area contributed by atoms with E-state index < -0.39 is 0 Å². The van der Waals surface area contributed by atoms with Gasteiger partial charge in [0.1, 0.15) is 11.6 Å². The summed E-state index contributed by atoms with van der Waals surface area (Å²) in [6.07, 6.45) is 4.95. The van der Waals surface area contributed by atoms with Crippen molar-refractivity contribution in [3.63, 3.8) is 0 Å². The van der Waals surface area contributed by atoms with Crippen LogP contribution in [0.5, 0.6) is 0 Å². The molecule has 14 heavy (non-hydrogen) atoms. The standard InChI is InChI=1S/C10H12BrN3/c11-7-8(5-1-2-5)13-10(6-3-4-6)14-9(7)12/h5-6H,1-4H2,(H2,12,13,14). The Labute approximate surface area is 91.3 Å². The molecule has 3 rings (SSSR count). The van der Waals surface area contributed by atoms with Gasteiger partial charge in [-0.05, 0) is 41.6 Å². The maximum atomic E-state index is 5.85. The van der Waals surface area contributed by atoms with Crippen LogP contribution in [0.25, 0.3) is 0 Å². The van der Waals surface area contributed by atoms with Gasteiger partial charge in [0.25, 0.3) is 0 Å². The van der Waals surface area contributed by atoms with Crippen molar-refractivity contribution in [1.29, 1.82) is 0 Å². The minimum Gasteiger partial charge on any atom is -0.383 e. The normalized spacial score (nSPS) is 21.2.